The predicted octanol–water partition coefficient (Wildman–Crippen LogP) is 3.76. The number of benzene rings is 1. The molecule has 1 aromatic carbocycles. The number of nitrogens with one attached hydrogen (secondary N) is 2. The van der Waals surface area contributed by atoms with E-state index in [1.807, 2.05) is 25.1 Å². The van der Waals surface area contributed by atoms with Crippen LogP contribution in [-0.2, 0) is 4.74 Å². The quantitative estimate of drug-likeness (QED) is 0.365. The van der Waals surface area contributed by atoms with Gasteiger partial charge in [-0.15, -0.1) is 24.0 Å². The van der Waals surface area contributed by atoms with Crippen molar-refractivity contribution in [3.8, 4) is 11.5 Å². The van der Waals surface area contributed by atoms with Crippen LogP contribution in [0.15, 0.2) is 23.2 Å². The Kier molecular flexibility index (Phi) is 10.8. The lowest BCUT2D eigenvalue weighted by molar-refractivity contribution is 0.0206. The molecule has 0 heterocycles. The van der Waals surface area contributed by atoms with Crippen LogP contribution in [0, 0.1) is 5.41 Å². The molecule has 0 radical (unpaired) electrons. The lowest BCUT2D eigenvalue weighted by atomic mass is 9.89. The van der Waals surface area contributed by atoms with Crippen molar-refractivity contribution in [2.45, 2.75) is 33.8 Å². The van der Waals surface area contributed by atoms with Gasteiger partial charge in [-0.05, 0) is 24.5 Å². The summed E-state index contributed by atoms with van der Waals surface area (Å²) in [5, 5.41) is 6.55. The van der Waals surface area contributed by atoms with Crippen LogP contribution in [0.25, 0.3) is 0 Å². The van der Waals surface area contributed by atoms with E-state index >= 15 is 0 Å². The third-order valence-electron chi connectivity index (χ3n) is 3.66. The highest BCUT2D eigenvalue weighted by atomic mass is 127. The third-order valence-corrected chi connectivity index (χ3v) is 3.66. The fourth-order valence-electron chi connectivity index (χ4n) is 2.27. The lowest BCUT2D eigenvalue weighted by Gasteiger charge is -2.30. The number of hydrogen-bond donors (Lipinski definition) is 2. The second kappa shape index (κ2) is 11.4. The van der Waals surface area contributed by atoms with Crippen LogP contribution in [0.4, 0.5) is 5.69 Å². The average molecular weight is 465 g/mol. The first kappa shape index (κ1) is 23.8. The molecule has 2 N–H and O–H groups in total. The molecule has 0 aromatic heterocycles. The number of rotatable bonds is 7. The molecule has 0 bridgehead atoms. The van der Waals surface area contributed by atoms with Gasteiger partial charge < -0.3 is 24.8 Å². The number of aliphatic imine (C=N–C) groups is 1. The fraction of sp³-hybridized carbons (Fsp3) is 0.611. The fourth-order valence-corrected chi connectivity index (χ4v) is 2.27. The molecule has 1 rings (SSSR count). The van der Waals surface area contributed by atoms with Gasteiger partial charge in [0, 0.05) is 32.5 Å². The normalized spacial score (nSPS) is 12.8. The van der Waals surface area contributed by atoms with Crippen molar-refractivity contribution in [1.82, 2.24) is 5.32 Å². The third kappa shape index (κ3) is 7.68. The SMILES string of the molecule is CCOc1ccc(NC(=NC)NCC(OC)C(C)(C)C)cc1OC.I. The van der Waals surface area contributed by atoms with Crippen LogP contribution in [0.1, 0.15) is 27.7 Å². The van der Waals surface area contributed by atoms with E-state index in [4.69, 9.17) is 14.2 Å². The van der Waals surface area contributed by atoms with E-state index < -0.39 is 0 Å². The summed E-state index contributed by atoms with van der Waals surface area (Å²) in [5.41, 5.74) is 0.913. The molecule has 0 aliphatic heterocycles. The van der Waals surface area contributed by atoms with E-state index in [1.165, 1.54) is 0 Å². The number of guanidine groups is 1. The van der Waals surface area contributed by atoms with E-state index in [0.717, 1.165) is 11.4 Å². The molecule has 0 fully saturated rings. The summed E-state index contributed by atoms with van der Waals surface area (Å²) < 4.78 is 16.5. The van der Waals surface area contributed by atoms with Gasteiger partial charge in [0.05, 0.1) is 19.8 Å². The Morgan fingerprint density at radius 3 is 2.36 bits per heavy atom. The summed E-state index contributed by atoms with van der Waals surface area (Å²) in [6.07, 6.45) is 0.0749. The summed E-state index contributed by atoms with van der Waals surface area (Å²) in [5.74, 6) is 2.08. The van der Waals surface area contributed by atoms with Gasteiger partial charge in [0.1, 0.15) is 0 Å². The van der Waals surface area contributed by atoms with Gasteiger partial charge in [-0.1, -0.05) is 20.8 Å². The number of halogens is 1. The minimum Gasteiger partial charge on any atom is -0.493 e. The highest BCUT2D eigenvalue weighted by Gasteiger charge is 2.24. The van der Waals surface area contributed by atoms with E-state index in [0.29, 0.717) is 24.9 Å². The van der Waals surface area contributed by atoms with Crippen LogP contribution in [-0.4, -0.2) is 46.5 Å². The zero-order valence-electron chi connectivity index (χ0n) is 16.3. The molecule has 0 amide bonds. The van der Waals surface area contributed by atoms with Crippen LogP contribution in [0.3, 0.4) is 0 Å². The Balaban J connectivity index is 0.00000576. The summed E-state index contributed by atoms with van der Waals surface area (Å²) in [6, 6.07) is 5.69. The summed E-state index contributed by atoms with van der Waals surface area (Å²) in [7, 11) is 5.09. The summed E-state index contributed by atoms with van der Waals surface area (Å²) in [6.45, 7) is 9.65. The number of nitrogens with zero attached hydrogens (tertiary/aromatic N) is 1. The van der Waals surface area contributed by atoms with Gasteiger partial charge in [0.15, 0.2) is 17.5 Å². The molecule has 0 aliphatic carbocycles. The van der Waals surface area contributed by atoms with Crippen molar-refractivity contribution in [2.75, 3.05) is 39.7 Å². The Labute approximate surface area is 168 Å². The maximum absolute atomic E-state index is 5.56. The molecule has 1 atom stereocenters. The highest BCUT2D eigenvalue weighted by molar-refractivity contribution is 14.0. The standard InChI is InChI=1S/C18H31N3O3.HI/c1-8-24-14-10-9-13(11-15(14)22-6)21-17(19-5)20-12-16(23-7)18(2,3)4;/h9-11,16H,8,12H2,1-7H3,(H2,19,20,21);1H. The van der Waals surface area contributed by atoms with Crippen LogP contribution in [0.2, 0.25) is 0 Å². The van der Waals surface area contributed by atoms with Crippen molar-refractivity contribution in [2.24, 2.45) is 10.4 Å². The average Bonchev–Trinajstić information content (AvgIpc) is 2.54. The van der Waals surface area contributed by atoms with Crippen molar-refractivity contribution in [3.63, 3.8) is 0 Å². The number of hydrogen-bond acceptors (Lipinski definition) is 4. The van der Waals surface area contributed by atoms with Gasteiger partial charge >= 0.3 is 0 Å². The molecule has 0 spiro atoms. The van der Waals surface area contributed by atoms with Crippen LogP contribution in [0.5, 0.6) is 11.5 Å². The Hall–Kier alpha value is -1.22. The molecule has 6 nitrogen and oxygen atoms in total. The Morgan fingerprint density at radius 1 is 1.20 bits per heavy atom. The van der Waals surface area contributed by atoms with Crippen molar-refractivity contribution < 1.29 is 14.2 Å². The van der Waals surface area contributed by atoms with Gasteiger partial charge in [-0.2, -0.15) is 0 Å². The molecule has 0 aliphatic rings. The van der Waals surface area contributed by atoms with Gasteiger partial charge in [-0.25, -0.2) is 0 Å². The maximum atomic E-state index is 5.56. The van der Waals surface area contributed by atoms with Gasteiger partial charge in [0.25, 0.3) is 0 Å². The van der Waals surface area contributed by atoms with Gasteiger partial charge in [0.2, 0.25) is 0 Å². The monoisotopic (exact) mass is 465 g/mol. The molecule has 1 aromatic rings. The largest absolute Gasteiger partial charge is 0.493 e. The first-order valence-corrected chi connectivity index (χ1v) is 8.17. The number of anilines is 1. The van der Waals surface area contributed by atoms with Crippen LogP contribution >= 0.6 is 24.0 Å². The molecule has 1 unspecified atom stereocenters. The molecule has 0 saturated carbocycles. The minimum atomic E-state index is 0. The lowest BCUT2D eigenvalue weighted by Crippen LogP contribution is -2.42. The highest BCUT2D eigenvalue weighted by Crippen LogP contribution is 2.30. The first-order chi connectivity index (χ1) is 11.3. The summed E-state index contributed by atoms with van der Waals surface area (Å²) in [4.78, 5) is 4.25. The Morgan fingerprint density at radius 2 is 1.88 bits per heavy atom. The first-order valence-electron chi connectivity index (χ1n) is 8.17. The second-order valence-electron chi connectivity index (χ2n) is 6.47. The maximum Gasteiger partial charge on any atom is 0.195 e. The van der Waals surface area contributed by atoms with E-state index in [-0.39, 0.29) is 35.5 Å². The molecule has 0 saturated heterocycles. The zero-order valence-corrected chi connectivity index (χ0v) is 18.6. The van der Waals surface area contributed by atoms with Crippen molar-refractivity contribution in [3.05, 3.63) is 18.2 Å². The second-order valence-corrected chi connectivity index (χ2v) is 6.47. The molecule has 144 valence electrons. The minimum absolute atomic E-state index is 0. The predicted molar refractivity (Wildman–Crippen MR) is 115 cm³/mol. The molecule has 7 heteroatoms. The van der Waals surface area contributed by atoms with E-state index in [9.17, 15) is 0 Å². The van der Waals surface area contributed by atoms with E-state index in [1.54, 1.807) is 21.3 Å². The summed E-state index contributed by atoms with van der Waals surface area (Å²) >= 11 is 0. The number of ether oxygens (including phenoxy) is 3. The van der Waals surface area contributed by atoms with E-state index in [2.05, 4.69) is 36.4 Å². The van der Waals surface area contributed by atoms with Crippen molar-refractivity contribution >= 4 is 35.6 Å². The van der Waals surface area contributed by atoms with Gasteiger partial charge in [-0.3, -0.25) is 4.99 Å². The Bertz CT molecular complexity index is 545. The molecular weight excluding hydrogens is 433 g/mol. The molecule has 25 heavy (non-hydrogen) atoms. The van der Waals surface area contributed by atoms with Crippen LogP contribution < -0.4 is 20.1 Å². The molecular formula is C18H32IN3O3. The smallest absolute Gasteiger partial charge is 0.195 e. The zero-order chi connectivity index (χ0) is 18.2. The van der Waals surface area contributed by atoms with Crippen molar-refractivity contribution in [1.29, 1.82) is 0 Å². The topological polar surface area (TPSA) is 64.1 Å². The number of methoxy groups -OCH3 is 2.